The highest BCUT2D eigenvalue weighted by molar-refractivity contribution is 6.30. The molecule has 0 aliphatic heterocycles. The summed E-state index contributed by atoms with van der Waals surface area (Å²) in [6.45, 7) is 0.251. The number of anilines is 1. The van der Waals surface area contributed by atoms with Gasteiger partial charge in [-0.2, -0.15) is 0 Å². The van der Waals surface area contributed by atoms with Gasteiger partial charge in [0.15, 0.2) is 5.78 Å². The van der Waals surface area contributed by atoms with Crippen LogP contribution in [0.2, 0.25) is 5.02 Å². The molecule has 0 fully saturated rings. The molecule has 0 spiro atoms. The predicted molar refractivity (Wildman–Crippen MR) is 97.2 cm³/mol. The Bertz CT molecular complexity index is 799. The lowest BCUT2D eigenvalue weighted by Gasteiger charge is -2.08. The van der Waals surface area contributed by atoms with Gasteiger partial charge in [0.1, 0.15) is 11.5 Å². The summed E-state index contributed by atoms with van der Waals surface area (Å²) >= 11 is 5.85. The molecule has 3 aromatic rings. The average Bonchev–Trinajstić information content (AvgIpc) is 2.63. The van der Waals surface area contributed by atoms with Crippen molar-refractivity contribution in [2.24, 2.45) is 0 Å². The van der Waals surface area contributed by atoms with E-state index in [1.807, 2.05) is 66.7 Å². The van der Waals surface area contributed by atoms with E-state index in [1.54, 1.807) is 12.1 Å². The number of ketones is 1. The molecule has 0 aliphatic carbocycles. The molecular weight excluding hydrogens is 322 g/mol. The predicted octanol–water partition coefficient (Wildman–Crippen LogP) is 5.43. The molecule has 0 aromatic heterocycles. The van der Waals surface area contributed by atoms with Crippen LogP contribution in [0.3, 0.4) is 0 Å². The zero-order valence-corrected chi connectivity index (χ0v) is 13.7. The molecule has 4 heteroatoms. The molecular formula is C20H16ClNO2. The minimum atomic E-state index is 0.0529. The van der Waals surface area contributed by atoms with E-state index in [0.29, 0.717) is 10.6 Å². The van der Waals surface area contributed by atoms with Crippen LogP contribution in [0.25, 0.3) is 0 Å². The number of ether oxygens (including phenoxy) is 1. The summed E-state index contributed by atoms with van der Waals surface area (Å²) in [6, 6.07) is 23.9. The third kappa shape index (κ3) is 4.37. The zero-order chi connectivity index (χ0) is 16.8. The number of Topliss-reactive ketones (excluding diaryl/α,β-unsaturated/α-hetero) is 1. The van der Waals surface area contributed by atoms with Crippen LogP contribution in [-0.4, -0.2) is 12.3 Å². The average molecular weight is 338 g/mol. The first kappa shape index (κ1) is 16.1. The molecule has 0 saturated heterocycles. The maximum Gasteiger partial charge on any atom is 0.181 e. The summed E-state index contributed by atoms with van der Waals surface area (Å²) in [7, 11) is 0. The quantitative estimate of drug-likeness (QED) is 0.610. The normalized spacial score (nSPS) is 10.2. The number of halogens is 1. The number of hydrogen-bond acceptors (Lipinski definition) is 3. The molecule has 1 N–H and O–H groups in total. The van der Waals surface area contributed by atoms with Crippen molar-refractivity contribution in [3.05, 3.63) is 89.4 Å². The van der Waals surface area contributed by atoms with E-state index in [-0.39, 0.29) is 12.3 Å². The summed E-state index contributed by atoms with van der Waals surface area (Å²) in [5.41, 5.74) is 1.57. The Balaban J connectivity index is 1.56. The van der Waals surface area contributed by atoms with Crippen molar-refractivity contribution < 1.29 is 9.53 Å². The fourth-order valence-corrected chi connectivity index (χ4v) is 2.31. The Kier molecular flexibility index (Phi) is 5.14. The first-order valence-corrected chi connectivity index (χ1v) is 7.94. The van der Waals surface area contributed by atoms with Gasteiger partial charge in [0.25, 0.3) is 0 Å². The molecule has 120 valence electrons. The number of carbonyl (C=O) groups excluding carboxylic acids is 1. The number of nitrogens with one attached hydrogen (secondary N) is 1. The van der Waals surface area contributed by atoms with Crippen molar-refractivity contribution in [3.63, 3.8) is 0 Å². The van der Waals surface area contributed by atoms with E-state index >= 15 is 0 Å². The van der Waals surface area contributed by atoms with E-state index < -0.39 is 0 Å². The maximum atomic E-state index is 12.1. The monoisotopic (exact) mass is 337 g/mol. The second-order valence-electron chi connectivity index (χ2n) is 5.22. The van der Waals surface area contributed by atoms with Crippen LogP contribution in [0.4, 0.5) is 5.69 Å². The van der Waals surface area contributed by atoms with Crippen molar-refractivity contribution in [1.82, 2.24) is 0 Å². The molecule has 0 saturated carbocycles. The molecule has 0 heterocycles. The van der Waals surface area contributed by atoms with Gasteiger partial charge in [0.2, 0.25) is 0 Å². The minimum absolute atomic E-state index is 0.0529. The topological polar surface area (TPSA) is 38.3 Å². The van der Waals surface area contributed by atoms with Gasteiger partial charge in [0, 0.05) is 16.3 Å². The van der Waals surface area contributed by atoms with Crippen molar-refractivity contribution in [2.75, 3.05) is 11.9 Å². The van der Waals surface area contributed by atoms with Crippen LogP contribution < -0.4 is 10.1 Å². The molecule has 3 rings (SSSR count). The maximum absolute atomic E-state index is 12.1. The Hall–Kier alpha value is -2.78. The second-order valence-corrected chi connectivity index (χ2v) is 5.66. The highest BCUT2D eigenvalue weighted by Gasteiger charge is 2.04. The van der Waals surface area contributed by atoms with Crippen LogP contribution >= 0.6 is 11.6 Å². The van der Waals surface area contributed by atoms with Gasteiger partial charge >= 0.3 is 0 Å². The Morgan fingerprint density at radius 2 is 1.42 bits per heavy atom. The van der Waals surface area contributed by atoms with Gasteiger partial charge in [-0.25, -0.2) is 0 Å². The van der Waals surface area contributed by atoms with Crippen LogP contribution in [0.1, 0.15) is 10.4 Å². The molecule has 3 nitrogen and oxygen atoms in total. The molecule has 0 atom stereocenters. The Morgan fingerprint density at radius 1 is 0.833 bits per heavy atom. The van der Waals surface area contributed by atoms with Crippen molar-refractivity contribution >= 4 is 23.1 Å². The first-order valence-electron chi connectivity index (χ1n) is 7.56. The van der Waals surface area contributed by atoms with Crippen molar-refractivity contribution in [2.45, 2.75) is 0 Å². The third-order valence-electron chi connectivity index (χ3n) is 3.45. The smallest absolute Gasteiger partial charge is 0.181 e. The standard InChI is InChI=1S/C20H16ClNO2/c21-16-6-10-18(11-7-16)24-19-12-8-17(9-13-19)22-14-20(23)15-4-2-1-3-5-15/h1-13,22H,14H2. The molecule has 0 unspecified atom stereocenters. The fraction of sp³-hybridized carbons (Fsp3) is 0.0500. The van der Waals surface area contributed by atoms with Crippen LogP contribution in [-0.2, 0) is 0 Å². The molecule has 0 bridgehead atoms. The summed E-state index contributed by atoms with van der Waals surface area (Å²) in [6.07, 6.45) is 0. The van der Waals surface area contributed by atoms with E-state index in [9.17, 15) is 4.79 Å². The van der Waals surface area contributed by atoms with Crippen LogP contribution in [0.15, 0.2) is 78.9 Å². The van der Waals surface area contributed by atoms with Crippen LogP contribution in [0.5, 0.6) is 11.5 Å². The number of rotatable bonds is 6. The lowest BCUT2D eigenvalue weighted by Crippen LogP contribution is -2.13. The molecule has 0 aliphatic rings. The van der Waals surface area contributed by atoms with Gasteiger partial charge < -0.3 is 10.1 Å². The van der Waals surface area contributed by atoms with E-state index in [4.69, 9.17) is 16.3 Å². The fourth-order valence-electron chi connectivity index (χ4n) is 2.19. The lowest BCUT2D eigenvalue weighted by molar-refractivity contribution is 0.101. The third-order valence-corrected chi connectivity index (χ3v) is 3.70. The first-order chi connectivity index (χ1) is 11.7. The number of benzene rings is 3. The summed E-state index contributed by atoms with van der Waals surface area (Å²) < 4.78 is 5.73. The van der Waals surface area contributed by atoms with Gasteiger partial charge in [-0.15, -0.1) is 0 Å². The Labute approximate surface area is 145 Å². The van der Waals surface area contributed by atoms with Crippen molar-refractivity contribution in [1.29, 1.82) is 0 Å². The van der Waals surface area contributed by atoms with Gasteiger partial charge in [-0.3, -0.25) is 4.79 Å². The van der Waals surface area contributed by atoms with Crippen LogP contribution in [0, 0.1) is 0 Å². The highest BCUT2D eigenvalue weighted by Crippen LogP contribution is 2.24. The second kappa shape index (κ2) is 7.66. The number of hydrogen-bond donors (Lipinski definition) is 1. The SMILES string of the molecule is O=C(CNc1ccc(Oc2ccc(Cl)cc2)cc1)c1ccccc1. The summed E-state index contributed by atoms with van der Waals surface area (Å²) in [4.78, 5) is 12.1. The van der Waals surface area contributed by atoms with Gasteiger partial charge in [0.05, 0.1) is 6.54 Å². The zero-order valence-electron chi connectivity index (χ0n) is 12.9. The van der Waals surface area contributed by atoms with Gasteiger partial charge in [-0.05, 0) is 48.5 Å². The molecule has 3 aromatic carbocycles. The number of carbonyl (C=O) groups is 1. The van der Waals surface area contributed by atoms with Gasteiger partial charge in [-0.1, -0.05) is 41.9 Å². The Morgan fingerprint density at radius 3 is 2.04 bits per heavy atom. The lowest BCUT2D eigenvalue weighted by atomic mass is 10.1. The highest BCUT2D eigenvalue weighted by atomic mass is 35.5. The minimum Gasteiger partial charge on any atom is -0.457 e. The van der Waals surface area contributed by atoms with E-state index in [1.165, 1.54) is 0 Å². The molecule has 24 heavy (non-hydrogen) atoms. The largest absolute Gasteiger partial charge is 0.457 e. The summed E-state index contributed by atoms with van der Waals surface area (Å²) in [5, 5.41) is 3.79. The van der Waals surface area contributed by atoms with E-state index in [2.05, 4.69) is 5.32 Å². The molecule has 0 radical (unpaired) electrons. The molecule has 0 amide bonds. The van der Waals surface area contributed by atoms with E-state index in [0.717, 1.165) is 17.2 Å². The summed E-state index contributed by atoms with van der Waals surface area (Å²) in [5.74, 6) is 1.49. The van der Waals surface area contributed by atoms with Crippen molar-refractivity contribution in [3.8, 4) is 11.5 Å².